The molecule has 3 aromatic heterocycles. The number of carbonyl (C=O) groups excluding carboxylic acids is 1. The molecular weight excluding hydrogens is 396 g/mol. The highest BCUT2D eigenvalue weighted by Crippen LogP contribution is 2.34. The molecule has 2 aliphatic rings. The number of rotatable bonds is 4. The topological polar surface area (TPSA) is 66.7 Å². The molecule has 0 saturated carbocycles. The predicted octanol–water partition coefficient (Wildman–Crippen LogP) is 3.39. The maximum absolute atomic E-state index is 13.2. The number of aromatic nitrogens is 2. The minimum atomic E-state index is -0.162. The van der Waals surface area contributed by atoms with Crippen molar-refractivity contribution in [1.82, 2.24) is 19.6 Å². The van der Waals surface area contributed by atoms with Crippen LogP contribution in [-0.4, -0.2) is 45.9 Å². The van der Waals surface area contributed by atoms with Gasteiger partial charge in [0.2, 0.25) is 0 Å². The molecule has 1 amide bonds. The average Bonchev–Trinajstić information content (AvgIpc) is 3.13. The van der Waals surface area contributed by atoms with Gasteiger partial charge in [-0.15, -0.1) is 11.3 Å². The molecule has 0 bridgehead atoms. The van der Waals surface area contributed by atoms with E-state index >= 15 is 0 Å². The fraction of sp³-hybridized carbons (Fsp3) is 0.522. The normalized spacial score (nSPS) is 19.8. The Balaban J connectivity index is 1.43. The third kappa shape index (κ3) is 3.44. The van der Waals surface area contributed by atoms with Gasteiger partial charge in [-0.25, -0.2) is 4.98 Å². The van der Waals surface area contributed by atoms with Crippen LogP contribution in [0.15, 0.2) is 23.1 Å². The Morgan fingerprint density at radius 1 is 1.27 bits per heavy atom. The van der Waals surface area contributed by atoms with Crippen molar-refractivity contribution in [2.45, 2.75) is 57.9 Å². The summed E-state index contributed by atoms with van der Waals surface area (Å²) in [6, 6.07) is 4.11. The lowest BCUT2D eigenvalue weighted by Crippen LogP contribution is -2.42. The smallest absolute Gasteiger partial charge is 0.266 e. The summed E-state index contributed by atoms with van der Waals surface area (Å²) in [5.74, 6) is -0.162. The molecule has 5 rings (SSSR count). The first-order chi connectivity index (χ1) is 14.6. The zero-order chi connectivity index (χ0) is 20.7. The van der Waals surface area contributed by atoms with Crippen molar-refractivity contribution in [2.24, 2.45) is 0 Å². The molecule has 1 saturated heterocycles. The fourth-order valence-electron chi connectivity index (χ4n) is 4.92. The number of nitrogens with zero attached hydrogens (tertiary/aromatic N) is 3. The lowest BCUT2D eigenvalue weighted by atomic mass is 9.97. The Labute approximate surface area is 179 Å². The molecule has 7 heteroatoms. The number of thiophene rings is 1. The van der Waals surface area contributed by atoms with E-state index in [9.17, 15) is 9.59 Å². The minimum Gasteiger partial charge on any atom is -0.351 e. The second kappa shape index (κ2) is 8.12. The van der Waals surface area contributed by atoms with Crippen molar-refractivity contribution in [2.75, 3.05) is 19.6 Å². The second-order valence-electron chi connectivity index (χ2n) is 8.56. The van der Waals surface area contributed by atoms with Gasteiger partial charge >= 0.3 is 0 Å². The van der Waals surface area contributed by atoms with Crippen molar-refractivity contribution in [3.8, 4) is 0 Å². The number of piperidine rings is 1. The van der Waals surface area contributed by atoms with Gasteiger partial charge in [0.15, 0.2) is 5.65 Å². The van der Waals surface area contributed by atoms with E-state index < -0.39 is 0 Å². The van der Waals surface area contributed by atoms with Crippen LogP contribution < -0.4 is 10.9 Å². The number of hydrogen-bond donors (Lipinski definition) is 1. The third-order valence-electron chi connectivity index (χ3n) is 6.63. The summed E-state index contributed by atoms with van der Waals surface area (Å²) in [5, 5.41) is 3.80. The molecule has 158 valence electrons. The molecule has 1 aliphatic heterocycles. The zero-order valence-electron chi connectivity index (χ0n) is 17.4. The van der Waals surface area contributed by atoms with Crippen LogP contribution in [0.25, 0.3) is 15.9 Å². The average molecular weight is 425 g/mol. The van der Waals surface area contributed by atoms with E-state index in [0.717, 1.165) is 42.6 Å². The second-order valence-corrected chi connectivity index (χ2v) is 9.64. The van der Waals surface area contributed by atoms with Gasteiger partial charge in [-0.2, -0.15) is 0 Å². The molecule has 1 fully saturated rings. The molecule has 0 spiro atoms. The molecule has 0 aromatic carbocycles. The molecule has 1 atom stereocenters. The summed E-state index contributed by atoms with van der Waals surface area (Å²) in [6.45, 7) is 4.81. The molecular formula is C23H28N4O2S. The van der Waals surface area contributed by atoms with E-state index in [1.165, 1.54) is 36.1 Å². The minimum absolute atomic E-state index is 0.0498. The fourth-order valence-corrected chi connectivity index (χ4v) is 6.17. The van der Waals surface area contributed by atoms with Crippen LogP contribution in [0.1, 0.15) is 59.8 Å². The summed E-state index contributed by atoms with van der Waals surface area (Å²) in [7, 11) is 0. The number of nitrogens with one attached hydrogen (secondary N) is 1. The summed E-state index contributed by atoms with van der Waals surface area (Å²) in [6.07, 6.45) is 9.75. The summed E-state index contributed by atoms with van der Waals surface area (Å²) in [4.78, 5) is 35.5. The number of fused-ring (bicyclic) bond motifs is 4. The maximum atomic E-state index is 13.2. The summed E-state index contributed by atoms with van der Waals surface area (Å²) in [5.41, 5.74) is 2.05. The molecule has 1 aliphatic carbocycles. The van der Waals surface area contributed by atoms with Crippen LogP contribution in [0, 0.1) is 0 Å². The Morgan fingerprint density at radius 3 is 3.00 bits per heavy atom. The Morgan fingerprint density at radius 2 is 2.13 bits per heavy atom. The van der Waals surface area contributed by atoms with Crippen molar-refractivity contribution >= 4 is 33.1 Å². The molecule has 1 N–H and O–H groups in total. The van der Waals surface area contributed by atoms with Gasteiger partial charge in [-0.1, -0.05) is 6.42 Å². The molecule has 0 radical (unpaired) electrons. The van der Waals surface area contributed by atoms with Crippen LogP contribution in [0.4, 0.5) is 0 Å². The monoisotopic (exact) mass is 424 g/mol. The van der Waals surface area contributed by atoms with Crippen LogP contribution in [0.3, 0.4) is 0 Å². The van der Waals surface area contributed by atoms with Gasteiger partial charge in [0.1, 0.15) is 4.83 Å². The van der Waals surface area contributed by atoms with Crippen LogP contribution in [-0.2, 0) is 12.8 Å². The quantitative estimate of drug-likeness (QED) is 0.697. The van der Waals surface area contributed by atoms with Crippen molar-refractivity contribution in [3.63, 3.8) is 0 Å². The van der Waals surface area contributed by atoms with Crippen LogP contribution in [0.2, 0.25) is 0 Å². The van der Waals surface area contributed by atoms with Gasteiger partial charge in [0.05, 0.1) is 10.9 Å². The highest BCUT2D eigenvalue weighted by atomic mass is 32.1. The number of aryl methyl sites for hydroxylation is 2. The molecule has 30 heavy (non-hydrogen) atoms. The first-order valence-corrected chi connectivity index (χ1v) is 11.9. The number of carbonyl (C=O) groups is 1. The van der Waals surface area contributed by atoms with Crippen LogP contribution in [0.5, 0.6) is 0 Å². The van der Waals surface area contributed by atoms with Crippen molar-refractivity contribution in [3.05, 3.63) is 44.7 Å². The highest BCUT2D eigenvalue weighted by Gasteiger charge is 2.22. The van der Waals surface area contributed by atoms with Gasteiger partial charge in [0.25, 0.3) is 11.5 Å². The van der Waals surface area contributed by atoms with E-state index in [2.05, 4.69) is 17.1 Å². The van der Waals surface area contributed by atoms with E-state index in [0.29, 0.717) is 23.8 Å². The van der Waals surface area contributed by atoms with Gasteiger partial charge in [-0.3, -0.25) is 18.9 Å². The van der Waals surface area contributed by atoms with E-state index in [1.54, 1.807) is 34.1 Å². The first kappa shape index (κ1) is 19.7. The third-order valence-corrected chi connectivity index (χ3v) is 7.82. The van der Waals surface area contributed by atoms with E-state index in [-0.39, 0.29) is 11.5 Å². The number of pyridine rings is 1. The number of hydrogen-bond acceptors (Lipinski definition) is 5. The van der Waals surface area contributed by atoms with Gasteiger partial charge < -0.3 is 5.32 Å². The maximum Gasteiger partial charge on any atom is 0.266 e. The molecule has 6 nitrogen and oxygen atoms in total. The zero-order valence-corrected chi connectivity index (χ0v) is 18.3. The van der Waals surface area contributed by atoms with Crippen molar-refractivity contribution < 1.29 is 4.79 Å². The molecule has 3 aromatic rings. The largest absolute Gasteiger partial charge is 0.351 e. The Kier molecular flexibility index (Phi) is 5.33. The predicted molar refractivity (Wildman–Crippen MR) is 121 cm³/mol. The van der Waals surface area contributed by atoms with Crippen molar-refractivity contribution in [1.29, 1.82) is 0 Å². The Bertz CT molecular complexity index is 1170. The lowest BCUT2D eigenvalue weighted by Gasteiger charge is -2.33. The van der Waals surface area contributed by atoms with Gasteiger partial charge in [0, 0.05) is 30.2 Å². The molecule has 1 unspecified atom stereocenters. The Hall–Kier alpha value is -2.25. The number of likely N-dealkylation sites (tertiary alicyclic amines) is 1. The van der Waals surface area contributed by atoms with Crippen LogP contribution >= 0.6 is 11.3 Å². The lowest BCUT2D eigenvalue weighted by molar-refractivity contribution is 0.0939. The molecule has 4 heterocycles. The standard InChI is InChI=1S/C23H28N4O2S/c1-15-7-4-5-12-26(15)14-11-24-21(28)17-9-6-13-27-20(17)25-22-19(23(27)29)16-8-2-3-10-18(16)30-22/h6,9,13,15H,2-5,7-8,10-12,14H2,1H3,(H,24,28). The highest BCUT2D eigenvalue weighted by molar-refractivity contribution is 7.18. The SMILES string of the molecule is CC1CCCCN1CCNC(=O)c1cccn2c(=O)c3c4c(sc3nc12)CCCC4. The number of amides is 1. The first-order valence-electron chi connectivity index (χ1n) is 11.1. The summed E-state index contributed by atoms with van der Waals surface area (Å²) >= 11 is 1.62. The van der Waals surface area contributed by atoms with Gasteiger partial charge in [-0.05, 0) is 69.7 Å². The van der Waals surface area contributed by atoms with E-state index in [1.807, 2.05) is 0 Å². The van der Waals surface area contributed by atoms with E-state index in [4.69, 9.17) is 4.98 Å². The summed E-state index contributed by atoms with van der Waals surface area (Å²) < 4.78 is 1.55.